The molecule has 0 bridgehead atoms. The van der Waals surface area contributed by atoms with Crippen molar-refractivity contribution in [3.63, 3.8) is 0 Å². The van der Waals surface area contributed by atoms with E-state index in [1.165, 1.54) is 0 Å². The molecule has 0 spiro atoms. The van der Waals surface area contributed by atoms with Gasteiger partial charge < -0.3 is 19.6 Å². The maximum Gasteiger partial charge on any atom is 0.123 e. The third-order valence-electron chi connectivity index (χ3n) is 2.11. The molecule has 0 aliphatic carbocycles. The quantitative estimate of drug-likeness (QED) is 0.733. The van der Waals surface area contributed by atoms with E-state index in [-0.39, 0.29) is 12.1 Å². The Morgan fingerprint density at radius 3 is 3.00 bits per heavy atom. The van der Waals surface area contributed by atoms with Gasteiger partial charge >= 0.3 is 0 Å². The van der Waals surface area contributed by atoms with Crippen molar-refractivity contribution in [3.8, 4) is 0 Å². The summed E-state index contributed by atoms with van der Waals surface area (Å²) in [4.78, 5) is 0. The number of rotatable bonds is 2. The highest BCUT2D eigenvalue weighted by Crippen LogP contribution is 2.19. The van der Waals surface area contributed by atoms with Crippen molar-refractivity contribution >= 4 is 0 Å². The second-order valence-electron chi connectivity index (χ2n) is 3.03. The SMILES string of the molecule is NC(c1ccco1)C1COCCO1. The Balaban J connectivity index is 1.99. The van der Waals surface area contributed by atoms with Crippen LogP contribution < -0.4 is 5.73 Å². The summed E-state index contributed by atoms with van der Waals surface area (Å²) in [5.41, 5.74) is 5.92. The molecule has 1 aliphatic rings. The molecule has 4 heteroatoms. The highest BCUT2D eigenvalue weighted by molar-refractivity contribution is 5.05. The molecule has 1 saturated heterocycles. The van der Waals surface area contributed by atoms with E-state index in [0.717, 1.165) is 5.76 Å². The summed E-state index contributed by atoms with van der Waals surface area (Å²) < 4.78 is 15.9. The van der Waals surface area contributed by atoms with E-state index in [1.807, 2.05) is 12.1 Å². The molecule has 0 aromatic carbocycles. The lowest BCUT2D eigenvalue weighted by Crippen LogP contribution is -2.37. The molecule has 1 aromatic rings. The fraction of sp³-hybridized carbons (Fsp3) is 0.556. The van der Waals surface area contributed by atoms with E-state index >= 15 is 0 Å². The maximum atomic E-state index is 5.92. The van der Waals surface area contributed by atoms with Crippen molar-refractivity contribution < 1.29 is 13.9 Å². The normalized spacial score (nSPS) is 25.8. The number of nitrogens with two attached hydrogens (primary N) is 1. The first-order chi connectivity index (χ1) is 6.38. The molecule has 1 fully saturated rings. The zero-order valence-corrected chi connectivity index (χ0v) is 7.31. The van der Waals surface area contributed by atoms with Crippen molar-refractivity contribution in [1.82, 2.24) is 0 Å². The van der Waals surface area contributed by atoms with Gasteiger partial charge in [-0.2, -0.15) is 0 Å². The Morgan fingerprint density at radius 1 is 1.46 bits per heavy atom. The monoisotopic (exact) mass is 183 g/mol. The van der Waals surface area contributed by atoms with Crippen LogP contribution in [-0.4, -0.2) is 25.9 Å². The lowest BCUT2D eigenvalue weighted by Gasteiger charge is -2.26. The number of furan rings is 1. The van der Waals surface area contributed by atoms with Gasteiger partial charge in [-0.3, -0.25) is 0 Å². The van der Waals surface area contributed by atoms with E-state index in [4.69, 9.17) is 19.6 Å². The summed E-state index contributed by atoms with van der Waals surface area (Å²) >= 11 is 0. The minimum absolute atomic E-state index is 0.0834. The number of hydrogen-bond donors (Lipinski definition) is 1. The Labute approximate surface area is 76.6 Å². The molecule has 0 radical (unpaired) electrons. The summed E-state index contributed by atoms with van der Waals surface area (Å²) in [7, 11) is 0. The van der Waals surface area contributed by atoms with Crippen LogP contribution in [-0.2, 0) is 9.47 Å². The van der Waals surface area contributed by atoms with Crippen LogP contribution in [0.2, 0.25) is 0 Å². The standard InChI is InChI=1S/C9H13NO3/c10-9(7-2-1-3-12-7)8-6-11-4-5-13-8/h1-3,8-9H,4-6,10H2. The van der Waals surface area contributed by atoms with E-state index in [2.05, 4.69) is 0 Å². The average molecular weight is 183 g/mol. The molecule has 13 heavy (non-hydrogen) atoms. The zero-order chi connectivity index (χ0) is 9.10. The molecule has 0 amide bonds. The first kappa shape index (κ1) is 8.74. The second-order valence-corrected chi connectivity index (χ2v) is 3.03. The van der Waals surface area contributed by atoms with Gasteiger partial charge in [0.2, 0.25) is 0 Å². The molecule has 1 aromatic heterocycles. The number of ether oxygens (including phenoxy) is 2. The topological polar surface area (TPSA) is 57.6 Å². The van der Waals surface area contributed by atoms with Crippen LogP contribution in [0.15, 0.2) is 22.8 Å². The molecule has 1 aliphatic heterocycles. The molecular weight excluding hydrogens is 170 g/mol. The van der Waals surface area contributed by atoms with Gasteiger partial charge in [0.1, 0.15) is 11.9 Å². The first-order valence-electron chi connectivity index (χ1n) is 4.36. The average Bonchev–Trinajstić information content (AvgIpc) is 2.71. The highest BCUT2D eigenvalue weighted by atomic mass is 16.6. The molecule has 2 heterocycles. The molecule has 0 saturated carbocycles. The third kappa shape index (κ3) is 1.91. The smallest absolute Gasteiger partial charge is 0.123 e. The van der Waals surface area contributed by atoms with Gasteiger partial charge in [-0.15, -0.1) is 0 Å². The van der Waals surface area contributed by atoms with Gasteiger partial charge in [0.05, 0.1) is 32.1 Å². The molecule has 2 unspecified atom stereocenters. The van der Waals surface area contributed by atoms with Gasteiger partial charge in [0.15, 0.2) is 0 Å². The maximum absolute atomic E-state index is 5.92. The Hall–Kier alpha value is -0.840. The summed E-state index contributed by atoms with van der Waals surface area (Å²) in [5, 5.41) is 0. The molecule has 2 N–H and O–H groups in total. The summed E-state index contributed by atoms with van der Waals surface area (Å²) in [6, 6.07) is 3.44. The van der Waals surface area contributed by atoms with Crippen LogP contribution in [0.3, 0.4) is 0 Å². The van der Waals surface area contributed by atoms with E-state index in [1.54, 1.807) is 6.26 Å². The van der Waals surface area contributed by atoms with Gasteiger partial charge in [0, 0.05) is 0 Å². The fourth-order valence-corrected chi connectivity index (χ4v) is 1.38. The molecule has 2 atom stereocenters. The Bertz CT molecular complexity index is 241. The van der Waals surface area contributed by atoms with Crippen molar-refractivity contribution in [1.29, 1.82) is 0 Å². The summed E-state index contributed by atoms with van der Waals surface area (Å²) in [6.07, 6.45) is 1.53. The Kier molecular flexibility index (Phi) is 2.63. The number of hydrogen-bond acceptors (Lipinski definition) is 4. The van der Waals surface area contributed by atoms with Crippen molar-refractivity contribution in [2.45, 2.75) is 12.1 Å². The van der Waals surface area contributed by atoms with Crippen LogP contribution in [0, 0.1) is 0 Å². The van der Waals surface area contributed by atoms with Gasteiger partial charge in [-0.1, -0.05) is 0 Å². The van der Waals surface area contributed by atoms with Gasteiger partial charge in [0.25, 0.3) is 0 Å². The lowest BCUT2D eigenvalue weighted by atomic mass is 10.1. The van der Waals surface area contributed by atoms with Crippen molar-refractivity contribution in [2.24, 2.45) is 5.73 Å². The predicted molar refractivity (Wildman–Crippen MR) is 46.2 cm³/mol. The van der Waals surface area contributed by atoms with Crippen LogP contribution in [0.4, 0.5) is 0 Å². The lowest BCUT2D eigenvalue weighted by molar-refractivity contribution is -0.0995. The van der Waals surface area contributed by atoms with E-state index in [9.17, 15) is 0 Å². The van der Waals surface area contributed by atoms with E-state index in [0.29, 0.717) is 19.8 Å². The minimum atomic E-state index is -0.227. The molecular formula is C9H13NO3. The molecule has 2 rings (SSSR count). The van der Waals surface area contributed by atoms with Crippen molar-refractivity contribution in [2.75, 3.05) is 19.8 Å². The first-order valence-corrected chi connectivity index (χ1v) is 4.36. The predicted octanol–water partition coefficient (Wildman–Crippen LogP) is 0.695. The largest absolute Gasteiger partial charge is 0.468 e. The third-order valence-corrected chi connectivity index (χ3v) is 2.11. The van der Waals surface area contributed by atoms with E-state index < -0.39 is 0 Å². The van der Waals surface area contributed by atoms with Crippen LogP contribution in [0.1, 0.15) is 11.8 Å². The zero-order valence-electron chi connectivity index (χ0n) is 7.31. The highest BCUT2D eigenvalue weighted by Gasteiger charge is 2.24. The van der Waals surface area contributed by atoms with Crippen LogP contribution >= 0.6 is 0 Å². The minimum Gasteiger partial charge on any atom is -0.468 e. The summed E-state index contributed by atoms with van der Waals surface area (Å²) in [5.74, 6) is 0.746. The second kappa shape index (κ2) is 3.91. The van der Waals surface area contributed by atoms with Gasteiger partial charge in [-0.05, 0) is 12.1 Å². The van der Waals surface area contributed by atoms with Crippen LogP contribution in [0.5, 0.6) is 0 Å². The summed E-state index contributed by atoms with van der Waals surface area (Å²) in [6.45, 7) is 1.81. The fourth-order valence-electron chi connectivity index (χ4n) is 1.38. The molecule has 72 valence electrons. The Morgan fingerprint density at radius 2 is 2.38 bits per heavy atom. The van der Waals surface area contributed by atoms with Crippen molar-refractivity contribution in [3.05, 3.63) is 24.2 Å². The molecule has 4 nitrogen and oxygen atoms in total. The van der Waals surface area contributed by atoms with Gasteiger partial charge in [-0.25, -0.2) is 0 Å². The van der Waals surface area contributed by atoms with Crippen LogP contribution in [0.25, 0.3) is 0 Å².